The Morgan fingerprint density at radius 2 is 1.86 bits per heavy atom. The molecule has 0 aliphatic carbocycles. The summed E-state index contributed by atoms with van der Waals surface area (Å²) < 4.78 is 39.6. The fourth-order valence-corrected chi connectivity index (χ4v) is 1.09. The van der Waals surface area contributed by atoms with Gasteiger partial charge >= 0.3 is 6.36 Å². The third kappa shape index (κ3) is 3.28. The van der Waals surface area contributed by atoms with Crippen LogP contribution in [0.15, 0.2) is 24.3 Å². The monoisotopic (exact) mass is 202 g/mol. The summed E-state index contributed by atoms with van der Waals surface area (Å²) >= 11 is 0. The van der Waals surface area contributed by atoms with Crippen LogP contribution in [-0.2, 0) is 6.42 Å². The van der Waals surface area contributed by atoms with Crippen LogP contribution in [0.4, 0.5) is 13.2 Å². The molecule has 1 aromatic rings. The number of para-hydroxylation sites is 1. The quantitative estimate of drug-likeness (QED) is 0.731. The van der Waals surface area contributed by atoms with Gasteiger partial charge in [0, 0.05) is 0 Å². The Bertz CT molecular complexity index is 294. The lowest BCUT2D eigenvalue weighted by molar-refractivity contribution is -0.274. The Hall–Kier alpha value is -1.19. The maximum absolute atomic E-state index is 11.9. The molecule has 0 heterocycles. The van der Waals surface area contributed by atoms with Crippen LogP contribution in [-0.4, -0.2) is 6.36 Å². The summed E-state index contributed by atoms with van der Waals surface area (Å²) in [5, 5.41) is 0. The minimum Gasteiger partial charge on any atom is -0.406 e. The predicted octanol–water partition coefficient (Wildman–Crippen LogP) is 3.23. The van der Waals surface area contributed by atoms with E-state index in [1.165, 1.54) is 12.1 Å². The van der Waals surface area contributed by atoms with Gasteiger partial charge in [-0.2, -0.15) is 0 Å². The second kappa shape index (κ2) is 4.35. The van der Waals surface area contributed by atoms with Gasteiger partial charge in [-0.05, 0) is 31.4 Å². The Balaban J connectivity index is 2.84. The molecular weight excluding hydrogens is 193 g/mol. The highest BCUT2D eigenvalue weighted by Gasteiger charge is 2.31. The standard InChI is InChI=1S/C10H9F3O/c1-2-5-8-6-3-4-7-9(8)14-10(11,12)13/h1,3-4,6-7H,2,5H2. The number of hydrogen-bond acceptors (Lipinski definition) is 1. The molecular formula is C10H9F3O. The van der Waals surface area contributed by atoms with Crippen LogP contribution >= 0.6 is 0 Å². The molecule has 0 aliphatic heterocycles. The Kier molecular flexibility index (Phi) is 3.38. The van der Waals surface area contributed by atoms with Gasteiger partial charge in [0.15, 0.2) is 0 Å². The van der Waals surface area contributed by atoms with Gasteiger partial charge in [0.25, 0.3) is 0 Å². The van der Waals surface area contributed by atoms with E-state index in [2.05, 4.69) is 4.74 Å². The van der Waals surface area contributed by atoms with Gasteiger partial charge in [-0.15, -0.1) is 13.2 Å². The second-order valence-corrected chi connectivity index (χ2v) is 2.69. The van der Waals surface area contributed by atoms with Gasteiger partial charge in [0.1, 0.15) is 5.75 Å². The smallest absolute Gasteiger partial charge is 0.406 e. The van der Waals surface area contributed by atoms with E-state index in [4.69, 9.17) is 6.92 Å². The summed E-state index contributed by atoms with van der Waals surface area (Å²) in [6, 6.07) is 5.97. The zero-order valence-corrected chi connectivity index (χ0v) is 7.34. The fourth-order valence-electron chi connectivity index (χ4n) is 1.09. The van der Waals surface area contributed by atoms with E-state index in [9.17, 15) is 13.2 Å². The fraction of sp³-hybridized carbons (Fsp3) is 0.300. The van der Waals surface area contributed by atoms with Gasteiger partial charge < -0.3 is 4.74 Å². The first kappa shape index (κ1) is 10.9. The molecule has 1 aromatic carbocycles. The number of ether oxygens (including phenoxy) is 1. The van der Waals surface area contributed by atoms with Crippen molar-refractivity contribution < 1.29 is 17.9 Å². The van der Waals surface area contributed by atoms with E-state index < -0.39 is 6.36 Å². The molecule has 4 heteroatoms. The van der Waals surface area contributed by atoms with Crippen LogP contribution in [0.3, 0.4) is 0 Å². The first-order valence-electron chi connectivity index (χ1n) is 4.06. The maximum Gasteiger partial charge on any atom is 0.573 e. The first-order chi connectivity index (χ1) is 6.53. The number of benzene rings is 1. The van der Waals surface area contributed by atoms with Crippen LogP contribution in [0.2, 0.25) is 0 Å². The lowest BCUT2D eigenvalue weighted by atomic mass is 10.1. The molecule has 0 N–H and O–H groups in total. The number of halogens is 3. The van der Waals surface area contributed by atoms with Crippen LogP contribution in [0, 0.1) is 6.92 Å². The van der Waals surface area contributed by atoms with E-state index in [1.54, 1.807) is 12.1 Å². The zero-order valence-electron chi connectivity index (χ0n) is 7.34. The summed E-state index contributed by atoms with van der Waals surface area (Å²) in [7, 11) is 0. The van der Waals surface area contributed by atoms with Crippen molar-refractivity contribution in [1.29, 1.82) is 0 Å². The van der Waals surface area contributed by atoms with Crippen molar-refractivity contribution in [3.05, 3.63) is 36.8 Å². The van der Waals surface area contributed by atoms with E-state index in [0.717, 1.165) is 0 Å². The third-order valence-corrected chi connectivity index (χ3v) is 1.61. The van der Waals surface area contributed by atoms with Crippen molar-refractivity contribution in [3.8, 4) is 5.75 Å². The lowest BCUT2D eigenvalue weighted by Gasteiger charge is -2.12. The molecule has 1 nitrogen and oxygen atoms in total. The summed E-state index contributed by atoms with van der Waals surface area (Å²) in [4.78, 5) is 0. The highest BCUT2D eigenvalue weighted by Crippen LogP contribution is 2.26. The topological polar surface area (TPSA) is 9.23 Å². The van der Waals surface area contributed by atoms with Gasteiger partial charge in [-0.25, -0.2) is 0 Å². The maximum atomic E-state index is 11.9. The average molecular weight is 202 g/mol. The molecule has 0 spiro atoms. The second-order valence-electron chi connectivity index (χ2n) is 2.69. The Morgan fingerprint density at radius 3 is 2.43 bits per heavy atom. The molecule has 76 valence electrons. The SMILES string of the molecule is [CH]CCc1ccccc1OC(F)(F)F. The van der Waals surface area contributed by atoms with Crippen LogP contribution in [0.1, 0.15) is 12.0 Å². The summed E-state index contributed by atoms with van der Waals surface area (Å²) in [6.07, 6.45) is -3.99. The number of hydrogen-bond donors (Lipinski definition) is 0. The van der Waals surface area contributed by atoms with E-state index in [-0.39, 0.29) is 12.2 Å². The lowest BCUT2D eigenvalue weighted by Crippen LogP contribution is -2.18. The minimum absolute atomic E-state index is 0.176. The molecule has 1 rings (SSSR count). The van der Waals surface area contributed by atoms with Crippen molar-refractivity contribution in [3.63, 3.8) is 0 Å². The average Bonchev–Trinajstić information content (AvgIpc) is 2.06. The molecule has 0 fully saturated rings. The van der Waals surface area contributed by atoms with Gasteiger partial charge in [0.2, 0.25) is 0 Å². The van der Waals surface area contributed by atoms with Crippen molar-refractivity contribution >= 4 is 0 Å². The van der Waals surface area contributed by atoms with Gasteiger partial charge in [0.05, 0.1) is 0 Å². The molecule has 0 aliphatic rings. The van der Waals surface area contributed by atoms with E-state index >= 15 is 0 Å². The molecule has 0 atom stereocenters. The summed E-state index contributed by atoms with van der Waals surface area (Å²) in [5.74, 6) is -0.176. The van der Waals surface area contributed by atoms with Crippen molar-refractivity contribution in [2.75, 3.05) is 0 Å². The molecule has 2 radical (unpaired) electrons. The van der Waals surface area contributed by atoms with E-state index in [1.807, 2.05) is 0 Å². The largest absolute Gasteiger partial charge is 0.573 e. The molecule has 0 bridgehead atoms. The first-order valence-corrected chi connectivity index (χ1v) is 4.06. The third-order valence-electron chi connectivity index (χ3n) is 1.61. The van der Waals surface area contributed by atoms with Crippen molar-refractivity contribution in [2.45, 2.75) is 19.2 Å². The molecule has 14 heavy (non-hydrogen) atoms. The highest BCUT2D eigenvalue weighted by atomic mass is 19.4. The van der Waals surface area contributed by atoms with Gasteiger partial charge in [-0.3, -0.25) is 0 Å². The van der Waals surface area contributed by atoms with Crippen molar-refractivity contribution in [1.82, 2.24) is 0 Å². The van der Waals surface area contributed by atoms with Crippen molar-refractivity contribution in [2.24, 2.45) is 0 Å². The number of rotatable bonds is 3. The molecule has 0 unspecified atom stereocenters. The predicted molar refractivity (Wildman–Crippen MR) is 45.7 cm³/mol. The number of alkyl halides is 3. The van der Waals surface area contributed by atoms with Crippen LogP contribution in [0.25, 0.3) is 0 Å². The molecule has 0 saturated carbocycles. The van der Waals surface area contributed by atoms with Crippen LogP contribution in [0.5, 0.6) is 5.75 Å². The Labute approximate surface area is 80.5 Å². The minimum atomic E-state index is -4.65. The molecule has 0 amide bonds. The summed E-state index contributed by atoms with van der Waals surface area (Å²) in [6.45, 7) is 5.26. The normalized spacial score (nSPS) is 11.4. The number of aryl methyl sites for hydroxylation is 1. The molecule has 0 aromatic heterocycles. The summed E-state index contributed by atoms with van der Waals surface area (Å²) in [5.41, 5.74) is 0.465. The highest BCUT2D eigenvalue weighted by molar-refractivity contribution is 5.33. The van der Waals surface area contributed by atoms with E-state index in [0.29, 0.717) is 12.0 Å². The van der Waals surface area contributed by atoms with Crippen LogP contribution < -0.4 is 4.74 Å². The molecule has 0 saturated heterocycles. The van der Waals surface area contributed by atoms with Gasteiger partial charge in [-0.1, -0.05) is 18.2 Å². The Morgan fingerprint density at radius 1 is 1.21 bits per heavy atom. The zero-order chi connectivity index (χ0) is 10.6.